The minimum atomic E-state index is -0.865. The lowest BCUT2D eigenvalue weighted by molar-refractivity contribution is -0.145. The van der Waals surface area contributed by atoms with Gasteiger partial charge < -0.3 is 4.74 Å². The lowest BCUT2D eigenvalue weighted by Gasteiger charge is -2.13. The molecule has 0 aliphatic carbocycles. The first-order chi connectivity index (χ1) is 9.75. The number of carbonyl (C=O) groups excluding carboxylic acids is 2. The number of benzene rings is 2. The first kappa shape index (κ1) is 12.2. The monoisotopic (exact) mass is 265 g/mol. The molecule has 2 aromatic carbocycles. The Morgan fingerprint density at radius 2 is 1.45 bits per heavy atom. The molecule has 0 bridgehead atoms. The van der Waals surface area contributed by atoms with Crippen molar-refractivity contribution in [2.24, 2.45) is 0 Å². The van der Waals surface area contributed by atoms with Gasteiger partial charge >= 0.3 is 11.9 Å². The summed E-state index contributed by atoms with van der Waals surface area (Å²) in [6.45, 7) is 0. The molecule has 0 aromatic heterocycles. The Balaban J connectivity index is 2.03. The summed E-state index contributed by atoms with van der Waals surface area (Å²) in [6, 6.07) is 18.3. The van der Waals surface area contributed by atoms with E-state index in [2.05, 4.69) is 0 Å². The van der Waals surface area contributed by atoms with Gasteiger partial charge in [0.05, 0.1) is 5.69 Å². The molecule has 98 valence electrons. The van der Waals surface area contributed by atoms with Crippen molar-refractivity contribution >= 4 is 23.6 Å². The first-order valence-electron chi connectivity index (χ1n) is 6.14. The summed E-state index contributed by atoms with van der Waals surface area (Å²) < 4.78 is 5.04. The zero-order chi connectivity index (χ0) is 13.9. The van der Waals surface area contributed by atoms with Crippen LogP contribution in [-0.4, -0.2) is 11.9 Å². The summed E-state index contributed by atoms with van der Waals surface area (Å²) in [5.74, 6) is -1.33. The number of ether oxygens (including phenoxy) is 1. The highest BCUT2D eigenvalue weighted by atomic mass is 16.6. The van der Waals surface area contributed by atoms with E-state index in [0.717, 1.165) is 5.56 Å². The summed E-state index contributed by atoms with van der Waals surface area (Å²) in [5.41, 5.74) is 1.46. The second-order valence-electron chi connectivity index (χ2n) is 4.26. The molecular weight excluding hydrogens is 254 g/mol. The number of anilines is 1. The third-order valence-corrected chi connectivity index (χ3v) is 2.90. The molecule has 0 spiro atoms. The molecule has 1 amide bonds. The molecule has 0 saturated carbocycles. The summed E-state index contributed by atoms with van der Waals surface area (Å²) in [5, 5.41) is 0. The zero-order valence-corrected chi connectivity index (χ0v) is 10.5. The van der Waals surface area contributed by atoms with E-state index >= 15 is 0 Å². The molecule has 1 aliphatic rings. The van der Waals surface area contributed by atoms with E-state index in [-0.39, 0.29) is 5.88 Å². The Morgan fingerprint density at radius 1 is 0.850 bits per heavy atom. The number of nitrogens with zero attached hydrogens (tertiary/aromatic N) is 1. The molecule has 1 aliphatic heterocycles. The maximum absolute atomic E-state index is 11.9. The second-order valence-corrected chi connectivity index (χ2v) is 4.26. The fourth-order valence-corrected chi connectivity index (χ4v) is 1.98. The SMILES string of the molecule is O=C1O/C(=C\c2ccccc2)N(c2ccccc2)C1=O. The molecule has 1 fully saturated rings. The van der Waals surface area contributed by atoms with Crippen molar-refractivity contribution in [2.45, 2.75) is 0 Å². The molecule has 0 radical (unpaired) electrons. The van der Waals surface area contributed by atoms with Crippen LogP contribution in [-0.2, 0) is 14.3 Å². The van der Waals surface area contributed by atoms with Gasteiger partial charge in [0.1, 0.15) is 0 Å². The average Bonchev–Trinajstić information content (AvgIpc) is 2.76. The van der Waals surface area contributed by atoms with Crippen LogP contribution in [0.25, 0.3) is 6.08 Å². The number of hydrogen-bond acceptors (Lipinski definition) is 3. The maximum atomic E-state index is 11.9. The van der Waals surface area contributed by atoms with E-state index in [4.69, 9.17) is 4.74 Å². The second kappa shape index (κ2) is 5.01. The minimum absolute atomic E-state index is 0.220. The number of para-hydroxylation sites is 1. The zero-order valence-electron chi connectivity index (χ0n) is 10.5. The fraction of sp³-hybridized carbons (Fsp3) is 0. The Kier molecular flexibility index (Phi) is 3.05. The van der Waals surface area contributed by atoms with Gasteiger partial charge in [0.15, 0.2) is 0 Å². The van der Waals surface area contributed by atoms with Gasteiger partial charge in [-0.25, -0.2) is 9.69 Å². The van der Waals surface area contributed by atoms with Gasteiger partial charge in [0.25, 0.3) is 0 Å². The maximum Gasteiger partial charge on any atom is 0.404 e. The molecule has 0 unspecified atom stereocenters. The lowest BCUT2D eigenvalue weighted by atomic mass is 10.2. The Hall–Kier alpha value is -2.88. The molecule has 20 heavy (non-hydrogen) atoms. The van der Waals surface area contributed by atoms with E-state index in [0.29, 0.717) is 5.69 Å². The smallest absolute Gasteiger partial charge is 0.402 e. The van der Waals surface area contributed by atoms with Crippen molar-refractivity contribution in [3.8, 4) is 0 Å². The predicted molar refractivity (Wildman–Crippen MR) is 74.4 cm³/mol. The molecule has 0 atom stereocenters. The van der Waals surface area contributed by atoms with Crippen LogP contribution in [0.4, 0.5) is 5.69 Å². The van der Waals surface area contributed by atoms with Crippen LogP contribution >= 0.6 is 0 Å². The van der Waals surface area contributed by atoms with Gasteiger partial charge in [-0.05, 0) is 17.7 Å². The topological polar surface area (TPSA) is 46.6 Å². The molecular formula is C16H11NO3. The number of rotatable bonds is 2. The van der Waals surface area contributed by atoms with E-state index in [1.165, 1.54) is 4.90 Å². The van der Waals surface area contributed by atoms with Crippen molar-refractivity contribution in [1.29, 1.82) is 0 Å². The highest BCUT2D eigenvalue weighted by Crippen LogP contribution is 2.26. The number of carbonyl (C=O) groups is 2. The van der Waals surface area contributed by atoms with E-state index in [1.807, 2.05) is 36.4 Å². The highest BCUT2D eigenvalue weighted by Gasteiger charge is 2.37. The molecule has 3 rings (SSSR count). The molecule has 1 heterocycles. The van der Waals surface area contributed by atoms with Crippen LogP contribution in [0.2, 0.25) is 0 Å². The van der Waals surface area contributed by atoms with Crippen LogP contribution in [0.1, 0.15) is 5.56 Å². The van der Waals surface area contributed by atoms with Crippen LogP contribution in [0, 0.1) is 0 Å². The Labute approximate surface area is 115 Å². The molecule has 2 aromatic rings. The van der Waals surface area contributed by atoms with Crippen molar-refractivity contribution in [3.05, 3.63) is 72.1 Å². The normalized spacial score (nSPS) is 16.6. The first-order valence-corrected chi connectivity index (χ1v) is 6.14. The largest absolute Gasteiger partial charge is 0.404 e. The predicted octanol–water partition coefficient (Wildman–Crippen LogP) is 2.58. The quantitative estimate of drug-likeness (QED) is 0.619. The van der Waals surface area contributed by atoms with Gasteiger partial charge in [-0.2, -0.15) is 0 Å². The van der Waals surface area contributed by atoms with Crippen LogP contribution < -0.4 is 4.90 Å². The molecule has 1 saturated heterocycles. The van der Waals surface area contributed by atoms with Crippen molar-refractivity contribution < 1.29 is 14.3 Å². The van der Waals surface area contributed by atoms with Crippen LogP contribution in [0.15, 0.2) is 66.5 Å². The third kappa shape index (κ3) is 2.19. The number of cyclic esters (lactones) is 1. The minimum Gasteiger partial charge on any atom is -0.402 e. The van der Waals surface area contributed by atoms with E-state index < -0.39 is 11.9 Å². The van der Waals surface area contributed by atoms with Gasteiger partial charge in [0, 0.05) is 6.08 Å². The van der Waals surface area contributed by atoms with Crippen LogP contribution in [0.5, 0.6) is 0 Å². The van der Waals surface area contributed by atoms with E-state index in [9.17, 15) is 9.59 Å². The third-order valence-electron chi connectivity index (χ3n) is 2.90. The number of hydrogen-bond donors (Lipinski definition) is 0. The Morgan fingerprint density at radius 3 is 2.10 bits per heavy atom. The standard InChI is InChI=1S/C16H11NO3/c18-15-16(19)20-14(11-12-7-3-1-4-8-12)17(15)13-9-5-2-6-10-13/h1-11H/b14-11-. The Bertz CT molecular complexity index is 677. The van der Waals surface area contributed by atoms with Crippen molar-refractivity contribution in [2.75, 3.05) is 4.90 Å². The number of esters is 1. The summed E-state index contributed by atoms with van der Waals surface area (Å²) >= 11 is 0. The summed E-state index contributed by atoms with van der Waals surface area (Å²) in [4.78, 5) is 24.7. The fourth-order valence-electron chi connectivity index (χ4n) is 1.98. The van der Waals surface area contributed by atoms with Gasteiger partial charge in [-0.3, -0.25) is 4.79 Å². The molecule has 4 nitrogen and oxygen atoms in total. The van der Waals surface area contributed by atoms with Crippen LogP contribution in [0.3, 0.4) is 0 Å². The summed E-state index contributed by atoms with van der Waals surface area (Å²) in [7, 11) is 0. The molecule has 4 heteroatoms. The number of amides is 1. The lowest BCUT2D eigenvalue weighted by Crippen LogP contribution is -2.25. The van der Waals surface area contributed by atoms with Crippen molar-refractivity contribution in [3.63, 3.8) is 0 Å². The summed E-state index contributed by atoms with van der Waals surface area (Å²) in [6.07, 6.45) is 1.66. The highest BCUT2D eigenvalue weighted by molar-refractivity contribution is 6.41. The van der Waals surface area contributed by atoms with E-state index in [1.54, 1.807) is 30.3 Å². The average molecular weight is 265 g/mol. The van der Waals surface area contributed by atoms with Gasteiger partial charge in [-0.15, -0.1) is 0 Å². The molecule has 0 N–H and O–H groups in total. The van der Waals surface area contributed by atoms with Crippen molar-refractivity contribution in [1.82, 2.24) is 0 Å². The van der Waals surface area contributed by atoms with Gasteiger partial charge in [0.2, 0.25) is 5.88 Å². The van der Waals surface area contributed by atoms with Gasteiger partial charge in [-0.1, -0.05) is 48.5 Å².